The van der Waals surface area contributed by atoms with E-state index in [1.54, 1.807) is 37.7 Å². The van der Waals surface area contributed by atoms with Gasteiger partial charge in [0.15, 0.2) is 0 Å². The Labute approximate surface area is 162 Å². The van der Waals surface area contributed by atoms with Gasteiger partial charge in [0.1, 0.15) is 22.7 Å². The maximum Gasteiger partial charge on any atom is 0.349 e. The smallest absolute Gasteiger partial charge is 0.349 e. The van der Waals surface area contributed by atoms with Crippen LogP contribution in [-0.4, -0.2) is 11.7 Å². The molecule has 0 unspecified atom stereocenters. The van der Waals surface area contributed by atoms with Gasteiger partial charge in [0.2, 0.25) is 0 Å². The summed E-state index contributed by atoms with van der Waals surface area (Å²) in [7, 11) is 1.57. The molecule has 0 aliphatic carbocycles. The Balaban J connectivity index is 2.02. The van der Waals surface area contributed by atoms with Crippen LogP contribution in [0.3, 0.4) is 0 Å². The largest absolute Gasteiger partial charge is 0.841 e. The maximum atomic E-state index is 13.2. The first kappa shape index (κ1) is 17.5. The first-order valence-electron chi connectivity index (χ1n) is 8.82. The first-order valence-corrected chi connectivity index (χ1v) is 8.82. The molecule has 1 aromatic heterocycles. The molecule has 0 saturated carbocycles. The van der Waals surface area contributed by atoms with Crippen molar-refractivity contribution in [2.45, 2.75) is 0 Å². The van der Waals surface area contributed by atoms with E-state index in [2.05, 4.69) is 0 Å². The van der Waals surface area contributed by atoms with Crippen LogP contribution in [0.5, 0.6) is 11.6 Å². The van der Waals surface area contributed by atoms with Crippen LogP contribution < -0.4 is 20.0 Å². The molecule has 0 amide bonds. The molecule has 5 heteroatoms. The fourth-order valence-corrected chi connectivity index (χ4v) is 3.10. The Hall–Kier alpha value is -3.86. The summed E-state index contributed by atoms with van der Waals surface area (Å²) in [6.45, 7) is 0. The number of ether oxygens (including phenoxy) is 1. The lowest BCUT2D eigenvalue weighted by molar-refractivity contribution is -0.654. The van der Waals surface area contributed by atoms with Crippen LogP contribution in [0.25, 0.3) is 22.5 Å². The van der Waals surface area contributed by atoms with E-state index in [1.807, 2.05) is 60.7 Å². The zero-order valence-electron chi connectivity index (χ0n) is 15.3. The van der Waals surface area contributed by atoms with E-state index >= 15 is 0 Å². The summed E-state index contributed by atoms with van der Waals surface area (Å²) >= 11 is 0. The Bertz CT molecular complexity index is 1150. The minimum Gasteiger partial charge on any atom is -0.841 e. The summed E-state index contributed by atoms with van der Waals surface area (Å²) in [6, 6.07) is 25.4. The Morgan fingerprint density at radius 3 is 2.07 bits per heavy atom. The lowest BCUT2D eigenvalue weighted by Crippen LogP contribution is -2.41. The normalized spacial score (nSPS) is 10.6. The average Bonchev–Trinajstić information content (AvgIpc) is 2.76. The number of nitrogens with zero attached hydrogens (tertiary/aromatic N) is 2. The maximum absolute atomic E-state index is 13.2. The lowest BCUT2D eigenvalue weighted by Gasteiger charge is -2.16. The Morgan fingerprint density at radius 2 is 1.46 bits per heavy atom. The van der Waals surface area contributed by atoms with Gasteiger partial charge in [-0.1, -0.05) is 48.5 Å². The van der Waals surface area contributed by atoms with Gasteiger partial charge in [0.25, 0.3) is 6.33 Å². The van der Waals surface area contributed by atoms with Crippen LogP contribution in [0.1, 0.15) is 0 Å². The van der Waals surface area contributed by atoms with Crippen LogP contribution in [-0.2, 0) is 0 Å². The SMILES string of the molecule is COc1ccc(-c2c([O-])[n+](-c3ccccc3)cn(-c3ccccc3)c2=O)cc1. The van der Waals surface area contributed by atoms with Crippen molar-refractivity contribution in [2.75, 3.05) is 7.11 Å². The van der Waals surface area contributed by atoms with Gasteiger partial charge in [-0.2, -0.15) is 4.57 Å². The van der Waals surface area contributed by atoms with Crippen LogP contribution in [0.2, 0.25) is 0 Å². The molecular formula is C23H18N2O3. The molecule has 4 rings (SSSR count). The number of benzene rings is 3. The van der Waals surface area contributed by atoms with Crippen molar-refractivity contribution in [1.82, 2.24) is 4.57 Å². The second kappa shape index (κ2) is 7.40. The minimum atomic E-state index is -0.367. The van der Waals surface area contributed by atoms with E-state index in [1.165, 1.54) is 9.13 Å². The van der Waals surface area contributed by atoms with Crippen LogP contribution >= 0.6 is 0 Å². The second-order valence-corrected chi connectivity index (χ2v) is 6.24. The number of para-hydroxylation sites is 2. The number of hydrogen-bond donors (Lipinski definition) is 0. The third kappa shape index (κ3) is 3.14. The Kier molecular flexibility index (Phi) is 4.64. The average molecular weight is 370 g/mol. The van der Waals surface area contributed by atoms with Crippen molar-refractivity contribution in [2.24, 2.45) is 0 Å². The van der Waals surface area contributed by atoms with E-state index in [-0.39, 0.29) is 17.0 Å². The van der Waals surface area contributed by atoms with E-state index in [9.17, 15) is 9.90 Å². The first-order chi connectivity index (χ1) is 13.7. The fraction of sp³-hybridized carbons (Fsp3) is 0.0435. The molecule has 1 heterocycles. The second-order valence-electron chi connectivity index (χ2n) is 6.24. The highest BCUT2D eigenvalue weighted by Gasteiger charge is 2.20. The third-order valence-electron chi connectivity index (χ3n) is 4.54. The molecule has 0 aliphatic heterocycles. The monoisotopic (exact) mass is 370 g/mol. The zero-order chi connectivity index (χ0) is 19.5. The highest BCUT2D eigenvalue weighted by atomic mass is 16.5. The molecule has 3 aromatic carbocycles. The van der Waals surface area contributed by atoms with Crippen molar-refractivity contribution in [3.63, 3.8) is 0 Å². The van der Waals surface area contributed by atoms with Gasteiger partial charge in [-0.3, -0.25) is 0 Å². The molecule has 0 fully saturated rings. The molecule has 0 bridgehead atoms. The van der Waals surface area contributed by atoms with Crippen molar-refractivity contribution in [1.29, 1.82) is 0 Å². The van der Waals surface area contributed by atoms with Crippen molar-refractivity contribution >= 4 is 0 Å². The number of methoxy groups -OCH3 is 1. The minimum absolute atomic E-state index is 0.109. The van der Waals surface area contributed by atoms with E-state index in [0.29, 0.717) is 22.7 Å². The van der Waals surface area contributed by atoms with Gasteiger partial charge >= 0.3 is 5.56 Å². The number of rotatable bonds is 4. The van der Waals surface area contributed by atoms with Gasteiger partial charge in [-0.15, -0.1) is 0 Å². The topological polar surface area (TPSA) is 58.2 Å². The summed E-state index contributed by atoms with van der Waals surface area (Å²) in [5.74, 6) is 0.292. The highest BCUT2D eigenvalue weighted by Crippen LogP contribution is 2.24. The zero-order valence-corrected chi connectivity index (χ0v) is 15.3. The van der Waals surface area contributed by atoms with E-state index in [4.69, 9.17) is 4.74 Å². The van der Waals surface area contributed by atoms with Crippen molar-refractivity contribution in [3.05, 3.63) is 102 Å². The van der Waals surface area contributed by atoms with Gasteiger partial charge in [0, 0.05) is 0 Å². The molecule has 5 nitrogen and oxygen atoms in total. The molecule has 0 atom stereocenters. The fourth-order valence-electron chi connectivity index (χ4n) is 3.10. The lowest BCUT2D eigenvalue weighted by atomic mass is 10.1. The van der Waals surface area contributed by atoms with Gasteiger partial charge < -0.3 is 9.84 Å². The van der Waals surface area contributed by atoms with Crippen LogP contribution in [0, 0.1) is 0 Å². The van der Waals surface area contributed by atoms with Crippen LogP contribution in [0.15, 0.2) is 96.1 Å². The summed E-state index contributed by atoms with van der Waals surface area (Å²) in [5.41, 5.74) is 1.66. The van der Waals surface area contributed by atoms with E-state index in [0.717, 1.165) is 0 Å². The van der Waals surface area contributed by atoms with Gasteiger partial charge in [-0.05, 0) is 42.0 Å². The molecule has 0 saturated heterocycles. The third-order valence-corrected chi connectivity index (χ3v) is 4.54. The molecule has 0 aliphatic rings. The molecule has 28 heavy (non-hydrogen) atoms. The predicted molar refractivity (Wildman–Crippen MR) is 105 cm³/mol. The van der Waals surface area contributed by atoms with Gasteiger partial charge in [-0.25, -0.2) is 9.36 Å². The van der Waals surface area contributed by atoms with Crippen molar-refractivity contribution < 1.29 is 14.4 Å². The molecule has 4 aromatic rings. The number of hydrogen-bond acceptors (Lipinski definition) is 3. The summed E-state index contributed by atoms with van der Waals surface area (Å²) in [4.78, 5) is 13.2. The predicted octanol–water partition coefficient (Wildman–Crippen LogP) is 2.86. The van der Waals surface area contributed by atoms with Crippen molar-refractivity contribution in [3.8, 4) is 34.1 Å². The molecule has 0 N–H and O–H groups in total. The molecule has 0 radical (unpaired) electrons. The highest BCUT2D eigenvalue weighted by molar-refractivity contribution is 5.67. The molecule has 138 valence electrons. The van der Waals surface area contributed by atoms with E-state index < -0.39 is 0 Å². The number of aromatic nitrogens is 2. The standard InChI is InChI=1S/C23H18N2O3/c1-28-20-14-12-17(13-15-20)21-22(26)24(18-8-4-2-5-9-18)16-25(23(21)27)19-10-6-3-7-11-19/h2-16H,1H3. The molecule has 0 spiro atoms. The summed E-state index contributed by atoms with van der Waals surface area (Å²) in [6.07, 6.45) is 1.54. The Morgan fingerprint density at radius 1 is 0.857 bits per heavy atom. The van der Waals surface area contributed by atoms with Crippen LogP contribution in [0.4, 0.5) is 0 Å². The summed E-state index contributed by atoms with van der Waals surface area (Å²) in [5, 5.41) is 13.2. The molecular weight excluding hydrogens is 352 g/mol. The van der Waals surface area contributed by atoms with Gasteiger partial charge in [0.05, 0.1) is 13.0 Å². The quantitative estimate of drug-likeness (QED) is 0.519. The summed E-state index contributed by atoms with van der Waals surface area (Å²) < 4.78 is 8.17.